The Morgan fingerprint density at radius 2 is 1.92 bits per heavy atom. The SMILES string of the molecule is CCN1CCN(C(=O)c2cc(S(N)(=O)=O)oc2C)c2ccccc21. The quantitative estimate of drug-likeness (QED) is 0.910. The highest BCUT2D eigenvalue weighted by Gasteiger charge is 2.30. The lowest BCUT2D eigenvalue weighted by Gasteiger charge is -2.37. The molecular weight excluding hydrogens is 330 g/mol. The first kappa shape index (κ1) is 16.5. The van der Waals surface area contributed by atoms with E-state index < -0.39 is 15.1 Å². The molecule has 0 bridgehead atoms. The number of anilines is 2. The number of nitrogens with two attached hydrogens (primary N) is 1. The lowest BCUT2D eigenvalue weighted by molar-refractivity contribution is 0.0985. The molecule has 0 spiro atoms. The zero-order chi connectivity index (χ0) is 17.5. The third kappa shape index (κ3) is 2.78. The van der Waals surface area contributed by atoms with Crippen molar-refractivity contribution in [1.29, 1.82) is 0 Å². The summed E-state index contributed by atoms with van der Waals surface area (Å²) in [7, 11) is -3.99. The lowest BCUT2D eigenvalue weighted by atomic mass is 10.1. The molecule has 2 heterocycles. The van der Waals surface area contributed by atoms with Crippen molar-refractivity contribution in [3.05, 3.63) is 41.7 Å². The Hall–Kier alpha value is -2.32. The number of likely N-dealkylation sites (N-methyl/N-ethyl adjacent to an activating group) is 1. The number of nitrogens with zero attached hydrogens (tertiary/aromatic N) is 2. The van der Waals surface area contributed by atoms with Crippen molar-refractivity contribution >= 4 is 27.3 Å². The molecule has 1 aromatic heterocycles. The average Bonchev–Trinajstić information content (AvgIpc) is 2.95. The van der Waals surface area contributed by atoms with E-state index in [2.05, 4.69) is 11.8 Å². The van der Waals surface area contributed by atoms with Crippen LogP contribution in [0.4, 0.5) is 11.4 Å². The first-order valence-electron chi connectivity index (χ1n) is 7.62. The van der Waals surface area contributed by atoms with Gasteiger partial charge in [0.15, 0.2) is 0 Å². The summed E-state index contributed by atoms with van der Waals surface area (Å²) in [5.41, 5.74) is 1.99. The molecule has 24 heavy (non-hydrogen) atoms. The maximum atomic E-state index is 12.9. The van der Waals surface area contributed by atoms with Gasteiger partial charge in [0, 0.05) is 25.7 Å². The van der Waals surface area contributed by atoms with Gasteiger partial charge in [-0.25, -0.2) is 13.6 Å². The molecule has 1 aliphatic rings. The normalized spacial score (nSPS) is 14.6. The number of para-hydroxylation sites is 2. The van der Waals surface area contributed by atoms with E-state index in [9.17, 15) is 13.2 Å². The maximum absolute atomic E-state index is 12.9. The summed E-state index contributed by atoms with van der Waals surface area (Å²) >= 11 is 0. The summed E-state index contributed by atoms with van der Waals surface area (Å²) in [5, 5.41) is 4.68. The minimum absolute atomic E-state index is 0.207. The van der Waals surface area contributed by atoms with Crippen LogP contribution in [0.5, 0.6) is 0 Å². The van der Waals surface area contributed by atoms with Gasteiger partial charge in [-0.3, -0.25) is 4.79 Å². The van der Waals surface area contributed by atoms with Crippen LogP contribution in [0.3, 0.4) is 0 Å². The smallest absolute Gasteiger partial charge is 0.271 e. The number of hydrogen-bond acceptors (Lipinski definition) is 5. The number of rotatable bonds is 3. The molecule has 0 unspecified atom stereocenters. The number of carbonyl (C=O) groups is 1. The topological polar surface area (TPSA) is 96.9 Å². The second kappa shape index (κ2) is 5.95. The van der Waals surface area contributed by atoms with Gasteiger partial charge in [-0.2, -0.15) is 0 Å². The third-order valence-corrected chi connectivity index (χ3v) is 4.90. The molecule has 7 nitrogen and oxygen atoms in total. The molecule has 0 aliphatic carbocycles. The van der Waals surface area contributed by atoms with Crippen molar-refractivity contribution in [2.75, 3.05) is 29.4 Å². The zero-order valence-electron chi connectivity index (χ0n) is 13.5. The number of benzene rings is 1. The van der Waals surface area contributed by atoms with Crippen molar-refractivity contribution in [2.24, 2.45) is 5.14 Å². The van der Waals surface area contributed by atoms with Gasteiger partial charge >= 0.3 is 0 Å². The highest BCUT2D eigenvalue weighted by molar-refractivity contribution is 7.89. The van der Waals surface area contributed by atoms with Crippen LogP contribution in [0, 0.1) is 6.92 Å². The van der Waals surface area contributed by atoms with Crippen LogP contribution >= 0.6 is 0 Å². The van der Waals surface area contributed by atoms with E-state index in [0.29, 0.717) is 13.1 Å². The fourth-order valence-electron chi connectivity index (χ4n) is 2.91. The van der Waals surface area contributed by atoms with Gasteiger partial charge in [-0.1, -0.05) is 12.1 Å². The number of carbonyl (C=O) groups excluding carboxylic acids is 1. The Labute approximate surface area is 140 Å². The summed E-state index contributed by atoms with van der Waals surface area (Å²) in [5.74, 6) is -0.0613. The van der Waals surface area contributed by atoms with Crippen LogP contribution in [-0.4, -0.2) is 34.0 Å². The summed E-state index contributed by atoms with van der Waals surface area (Å²) in [6.45, 7) is 5.68. The van der Waals surface area contributed by atoms with Gasteiger partial charge < -0.3 is 14.2 Å². The van der Waals surface area contributed by atoms with Crippen molar-refractivity contribution in [3.63, 3.8) is 0 Å². The van der Waals surface area contributed by atoms with Crippen LogP contribution in [-0.2, 0) is 10.0 Å². The van der Waals surface area contributed by atoms with E-state index in [0.717, 1.165) is 17.9 Å². The van der Waals surface area contributed by atoms with E-state index in [1.54, 1.807) is 11.8 Å². The van der Waals surface area contributed by atoms with Crippen LogP contribution in [0.25, 0.3) is 0 Å². The van der Waals surface area contributed by atoms with Gasteiger partial charge in [0.25, 0.3) is 15.9 Å². The van der Waals surface area contributed by atoms with Gasteiger partial charge in [-0.15, -0.1) is 0 Å². The fraction of sp³-hybridized carbons (Fsp3) is 0.312. The molecule has 0 radical (unpaired) electrons. The van der Waals surface area contributed by atoms with E-state index >= 15 is 0 Å². The molecule has 2 N–H and O–H groups in total. The van der Waals surface area contributed by atoms with Crippen LogP contribution in [0.2, 0.25) is 0 Å². The molecule has 0 atom stereocenters. The predicted molar refractivity (Wildman–Crippen MR) is 90.8 cm³/mol. The summed E-state index contributed by atoms with van der Waals surface area (Å²) < 4.78 is 28.0. The van der Waals surface area contributed by atoms with Crippen molar-refractivity contribution < 1.29 is 17.6 Å². The second-order valence-electron chi connectivity index (χ2n) is 5.61. The van der Waals surface area contributed by atoms with E-state index in [4.69, 9.17) is 9.56 Å². The van der Waals surface area contributed by atoms with E-state index in [1.807, 2.05) is 24.3 Å². The predicted octanol–water partition coefficient (Wildman–Crippen LogP) is 1.72. The Morgan fingerprint density at radius 1 is 1.25 bits per heavy atom. The highest BCUT2D eigenvalue weighted by Crippen LogP contribution is 2.34. The first-order chi connectivity index (χ1) is 11.3. The van der Waals surface area contributed by atoms with E-state index in [-0.39, 0.29) is 17.2 Å². The number of aryl methyl sites for hydroxylation is 1. The van der Waals surface area contributed by atoms with E-state index in [1.165, 1.54) is 6.07 Å². The Bertz CT molecular complexity index is 888. The Kier molecular flexibility index (Phi) is 4.10. The van der Waals surface area contributed by atoms with Crippen molar-refractivity contribution in [2.45, 2.75) is 18.9 Å². The van der Waals surface area contributed by atoms with Crippen LogP contribution in [0.1, 0.15) is 23.0 Å². The number of furan rings is 1. The molecule has 3 rings (SSSR count). The fourth-order valence-corrected chi connectivity index (χ4v) is 3.44. The molecule has 0 fully saturated rings. The molecule has 0 saturated heterocycles. The third-order valence-electron chi connectivity index (χ3n) is 4.14. The monoisotopic (exact) mass is 349 g/mol. The number of sulfonamides is 1. The molecular formula is C16H19N3O4S. The van der Waals surface area contributed by atoms with Crippen LogP contribution in [0.15, 0.2) is 39.8 Å². The number of primary sulfonamides is 1. The average molecular weight is 349 g/mol. The minimum Gasteiger partial charge on any atom is -0.448 e. The maximum Gasteiger partial charge on any atom is 0.271 e. The number of hydrogen-bond donors (Lipinski definition) is 1. The Morgan fingerprint density at radius 3 is 2.50 bits per heavy atom. The highest BCUT2D eigenvalue weighted by atomic mass is 32.2. The minimum atomic E-state index is -3.99. The summed E-state index contributed by atoms with van der Waals surface area (Å²) in [6.07, 6.45) is 0. The van der Waals surface area contributed by atoms with Crippen LogP contribution < -0.4 is 14.9 Å². The molecule has 1 amide bonds. The van der Waals surface area contributed by atoms with Crippen molar-refractivity contribution in [1.82, 2.24) is 0 Å². The van der Waals surface area contributed by atoms with Gasteiger partial charge in [0.05, 0.1) is 16.9 Å². The molecule has 2 aromatic rings. The Balaban J connectivity index is 2.01. The largest absolute Gasteiger partial charge is 0.448 e. The molecule has 1 aromatic carbocycles. The summed E-state index contributed by atoms with van der Waals surface area (Å²) in [6, 6.07) is 8.84. The molecule has 8 heteroatoms. The number of amides is 1. The standard InChI is InChI=1S/C16H19N3O4S/c1-3-18-8-9-19(14-7-5-4-6-13(14)18)16(20)12-10-15(23-11(12)2)24(17,21)22/h4-7,10H,3,8-9H2,1-2H3,(H2,17,21,22). The zero-order valence-corrected chi connectivity index (χ0v) is 14.3. The number of fused-ring (bicyclic) bond motifs is 1. The lowest BCUT2D eigenvalue weighted by Crippen LogP contribution is -2.44. The first-order valence-corrected chi connectivity index (χ1v) is 9.16. The molecule has 0 saturated carbocycles. The summed E-state index contributed by atoms with van der Waals surface area (Å²) in [4.78, 5) is 16.8. The van der Waals surface area contributed by atoms with Crippen molar-refractivity contribution in [3.8, 4) is 0 Å². The van der Waals surface area contributed by atoms with Gasteiger partial charge in [0.1, 0.15) is 5.76 Å². The van der Waals surface area contributed by atoms with Gasteiger partial charge in [-0.05, 0) is 26.0 Å². The molecule has 1 aliphatic heterocycles. The van der Waals surface area contributed by atoms with Gasteiger partial charge in [0.2, 0.25) is 5.09 Å². The molecule has 128 valence electrons. The second-order valence-corrected chi connectivity index (χ2v) is 7.10.